The molecular weight excluding hydrogens is 1150 g/mol. The minimum atomic E-state index is -1.64. The molecule has 0 fully saturated rings. The Kier molecular flexibility index (Phi) is 16.0. The van der Waals surface area contributed by atoms with Crippen LogP contribution in [-0.2, 0) is 47.1 Å². The summed E-state index contributed by atoms with van der Waals surface area (Å²) in [6.07, 6.45) is 0. The van der Waals surface area contributed by atoms with Crippen LogP contribution in [0.1, 0.15) is 76.4 Å². The molecule has 14 rings (SSSR count). The van der Waals surface area contributed by atoms with Crippen molar-refractivity contribution in [2.75, 3.05) is 0 Å². The van der Waals surface area contributed by atoms with E-state index in [2.05, 4.69) is 0 Å². The van der Waals surface area contributed by atoms with E-state index in [1.54, 1.807) is 182 Å². The lowest BCUT2D eigenvalue weighted by Gasteiger charge is -2.36. The fourth-order valence-electron chi connectivity index (χ4n) is 11.7. The predicted octanol–water partition coefficient (Wildman–Crippen LogP) is 5.54. The summed E-state index contributed by atoms with van der Waals surface area (Å²) in [7, 11) is -6.35. The second-order valence-corrected chi connectivity index (χ2v) is 21.6. The van der Waals surface area contributed by atoms with E-state index in [9.17, 15) is 49.8 Å². The number of benzene rings is 10. The molecule has 0 saturated heterocycles. The molecule has 0 bridgehead atoms. The van der Waals surface area contributed by atoms with Crippen LogP contribution in [0.15, 0.2) is 218 Å². The summed E-state index contributed by atoms with van der Waals surface area (Å²) in [5.74, 6) is 2.81. The highest BCUT2D eigenvalue weighted by Crippen LogP contribution is 2.59. The third-order valence-electron chi connectivity index (χ3n) is 16.1. The Morgan fingerprint density at radius 2 is 0.633 bits per heavy atom. The topological polar surface area (TPSA) is 270 Å². The van der Waals surface area contributed by atoms with Crippen molar-refractivity contribution in [3.63, 3.8) is 0 Å². The Bertz CT molecular complexity index is 4160. The molecule has 4 aliphatic rings. The zero-order valence-corrected chi connectivity index (χ0v) is 47.6. The SMILES string of the molecule is O=C1OC2(c3ccc(OCc4ccc(B(O)O)cc4)cc3Oc3cc(OCc4ccc(B(O)O)cc4)ccc32)c2ccccc21.O=C1OC2(c3ccc(OCc4ccccc4B(O)O)cc3Oc3cc(OCc4ccccc4B(O)O)ccc32)c2ccccc21. The van der Waals surface area contributed by atoms with Crippen molar-refractivity contribution in [1.82, 2.24) is 0 Å². The van der Waals surface area contributed by atoms with Crippen molar-refractivity contribution in [1.29, 1.82) is 0 Å². The number of rotatable bonds is 16. The molecule has 0 radical (unpaired) electrons. The molecule has 2 spiro atoms. The fraction of sp³-hybridized carbons (Fsp3) is 0.0882. The molecule has 0 aliphatic carbocycles. The second-order valence-electron chi connectivity index (χ2n) is 21.6. The zero-order valence-electron chi connectivity index (χ0n) is 47.6. The largest absolute Gasteiger partial charge is 0.489 e. The molecule has 90 heavy (non-hydrogen) atoms. The Morgan fingerprint density at radius 3 is 0.967 bits per heavy atom. The third-order valence-corrected chi connectivity index (χ3v) is 16.1. The van der Waals surface area contributed by atoms with Crippen LogP contribution >= 0.6 is 0 Å². The van der Waals surface area contributed by atoms with Crippen LogP contribution in [0.25, 0.3) is 0 Å². The molecule has 0 aromatic heterocycles. The molecule has 0 unspecified atom stereocenters. The molecule has 0 atom stereocenters. The smallest absolute Gasteiger partial charge is 0.488 e. The van der Waals surface area contributed by atoms with Crippen LogP contribution in [0, 0.1) is 0 Å². The Morgan fingerprint density at radius 1 is 0.322 bits per heavy atom. The molecule has 0 amide bonds. The molecule has 10 aromatic carbocycles. The summed E-state index contributed by atoms with van der Waals surface area (Å²) in [6, 6.07) is 63.2. The van der Waals surface area contributed by atoms with Gasteiger partial charge < -0.3 is 78.1 Å². The molecule has 10 aromatic rings. The van der Waals surface area contributed by atoms with Gasteiger partial charge in [0.1, 0.15) is 72.4 Å². The van der Waals surface area contributed by atoms with Crippen LogP contribution < -0.4 is 50.3 Å². The summed E-state index contributed by atoms with van der Waals surface area (Å²) in [5.41, 5.74) is 6.71. The van der Waals surface area contributed by atoms with Crippen molar-refractivity contribution >= 4 is 62.3 Å². The van der Waals surface area contributed by atoms with E-state index in [0.717, 1.165) is 11.1 Å². The van der Waals surface area contributed by atoms with Gasteiger partial charge in [-0.25, -0.2) is 9.59 Å². The first-order chi connectivity index (χ1) is 43.7. The van der Waals surface area contributed by atoms with E-state index in [1.165, 1.54) is 0 Å². The quantitative estimate of drug-likeness (QED) is 0.0436. The van der Waals surface area contributed by atoms with Crippen LogP contribution in [0.3, 0.4) is 0 Å². The lowest BCUT2D eigenvalue weighted by molar-refractivity contribution is 0.0213. The zero-order chi connectivity index (χ0) is 62.3. The summed E-state index contributed by atoms with van der Waals surface area (Å²) in [4.78, 5) is 26.4. The van der Waals surface area contributed by atoms with Crippen molar-refractivity contribution in [2.45, 2.75) is 37.6 Å². The van der Waals surface area contributed by atoms with Gasteiger partial charge in [-0.2, -0.15) is 0 Å². The molecule has 0 saturated carbocycles. The maximum absolute atomic E-state index is 13.2. The highest BCUT2D eigenvalue weighted by atomic mass is 16.6. The maximum Gasteiger partial charge on any atom is 0.488 e. The number of fused-ring (bicyclic) bond motifs is 12. The van der Waals surface area contributed by atoms with Gasteiger partial charge in [0.25, 0.3) is 0 Å². The lowest BCUT2D eigenvalue weighted by atomic mass is 9.77. The first-order valence-corrected chi connectivity index (χ1v) is 28.6. The van der Waals surface area contributed by atoms with Gasteiger partial charge in [-0.15, -0.1) is 0 Å². The van der Waals surface area contributed by atoms with Crippen molar-refractivity contribution in [3.05, 3.63) is 285 Å². The van der Waals surface area contributed by atoms with Crippen LogP contribution in [0.5, 0.6) is 46.0 Å². The maximum atomic E-state index is 13.2. The third kappa shape index (κ3) is 11.1. The highest BCUT2D eigenvalue weighted by molar-refractivity contribution is 6.60. The van der Waals surface area contributed by atoms with Gasteiger partial charge in [0, 0.05) is 57.6 Å². The van der Waals surface area contributed by atoms with Gasteiger partial charge in [-0.05, 0) is 105 Å². The van der Waals surface area contributed by atoms with Gasteiger partial charge in [-0.1, -0.05) is 133 Å². The van der Waals surface area contributed by atoms with Crippen molar-refractivity contribution in [2.24, 2.45) is 0 Å². The van der Waals surface area contributed by atoms with Crippen LogP contribution in [0.4, 0.5) is 0 Å². The van der Waals surface area contributed by atoms with Gasteiger partial charge in [0.15, 0.2) is 11.2 Å². The Balaban J connectivity index is 0.000000165. The number of esters is 2. The first kappa shape index (κ1) is 58.9. The van der Waals surface area contributed by atoms with Gasteiger partial charge in [-0.3, -0.25) is 0 Å². The minimum Gasteiger partial charge on any atom is -0.489 e. The van der Waals surface area contributed by atoms with Gasteiger partial charge >= 0.3 is 40.4 Å². The average molecular weight is 1200 g/mol. The molecule has 444 valence electrons. The van der Waals surface area contributed by atoms with Crippen LogP contribution in [0.2, 0.25) is 0 Å². The van der Waals surface area contributed by atoms with E-state index in [4.69, 9.17) is 37.9 Å². The Labute approximate surface area is 516 Å². The monoisotopic (exact) mass is 1200 g/mol. The summed E-state index contributed by atoms with van der Waals surface area (Å²) in [6.45, 7) is 0.620. The van der Waals surface area contributed by atoms with Crippen molar-refractivity contribution < 1.29 is 87.7 Å². The number of carbonyl (C=O) groups is 2. The highest BCUT2D eigenvalue weighted by Gasteiger charge is 2.55. The first-order valence-electron chi connectivity index (χ1n) is 28.6. The Hall–Kier alpha value is -10.1. The molecule has 22 heteroatoms. The minimum absolute atomic E-state index is 0.0775. The van der Waals surface area contributed by atoms with E-state index in [-0.39, 0.29) is 26.4 Å². The molecular formula is C68H52B4O18. The van der Waals surface area contributed by atoms with Crippen molar-refractivity contribution in [3.8, 4) is 46.0 Å². The predicted molar refractivity (Wildman–Crippen MR) is 332 cm³/mol. The van der Waals surface area contributed by atoms with Crippen LogP contribution in [-0.4, -0.2) is 80.6 Å². The van der Waals surface area contributed by atoms with E-state index < -0.39 is 51.6 Å². The number of carbonyl (C=O) groups excluding carboxylic acids is 2. The molecule has 18 nitrogen and oxygen atoms in total. The summed E-state index contributed by atoms with van der Waals surface area (Å²) >= 11 is 0. The molecule has 4 heterocycles. The standard InChI is InChI=1S/2C34H26B2O9/c37-33-25-9-3-4-10-26(25)34(45-33)27-15-13-23(42-19-21-7-1-5-11-29(21)35(38)39)17-31(27)44-32-18-24(14-16-28(32)34)43-20-22-8-2-6-12-30(22)36(40)41;37-33-27-3-1-2-4-28(27)34(45-33)29-15-13-25(42-19-21-5-9-23(10-6-21)35(38)39)17-31(29)44-32-18-26(14-16-30(32)34)43-20-22-7-11-24(12-8-22)36(40)41/h2*1-18,38-41H,19-20H2. The summed E-state index contributed by atoms with van der Waals surface area (Å²) in [5, 5.41) is 76.4. The van der Waals surface area contributed by atoms with E-state index >= 15 is 0 Å². The number of ether oxygens (including phenoxy) is 8. The normalized spacial score (nSPS) is 13.6. The fourth-order valence-corrected chi connectivity index (χ4v) is 11.7. The second kappa shape index (κ2) is 24.5. The number of hydrogen-bond acceptors (Lipinski definition) is 18. The molecule has 8 N–H and O–H groups in total. The van der Waals surface area contributed by atoms with Gasteiger partial charge in [0.2, 0.25) is 0 Å². The van der Waals surface area contributed by atoms with E-state index in [1.807, 2.05) is 36.4 Å². The lowest BCUT2D eigenvalue weighted by Crippen LogP contribution is -2.33. The average Bonchev–Trinajstić information content (AvgIpc) is 1.46. The number of hydrogen-bond donors (Lipinski definition) is 8. The van der Waals surface area contributed by atoms with Gasteiger partial charge in [0.05, 0.1) is 11.1 Å². The summed E-state index contributed by atoms with van der Waals surface area (Å²) < 4.78 is 49.5. The molecule has 4 aliphatic heterocycles. The van der Waals surface area contributed by atoms with E-state index in [0.29, 0.717) is 123 Å².